The lowest BCUT2D eigenvalue weighted by Crippen LogP contribution is -2.20. The van der Waals surface area contributed by atoms with E-state index < -0.39 is 0 Å². The van der Waals surface area contributed by atoms with E-state index in [9.17, 15) is 4.79 Å². The molecule has 0 unspecified atom stereocenters. The van der Waals surface area contributed by atoms with Crippen LogP contribution >= 0.6 is 11.6 Å². The number of carbonyl (C=O) groups excluding carboxylic acids is 1. The fourth-order valence-corrected chi connectivity index (χ4v) is 3.15. The highest BCUT2D eigenvalue weighted by atomic mass is 35.5. The number of nitrogens with one attached hydrogen (secondary N) is 1. The maximum atomic E-state index is 12.7. The highest BCUT2D eigenvalue weighted by molar-refractivity contribution is 6.30. The van der Waals surface area contributed by atoms with E-state index in [0.717, 1.165) is 22.6 Å². The molecule has 1 N–H and O–H groups in total. The predicted octanol–water partition coefficient (Wildman–Crippen LogP) is 5.08. The van der Waals surface area contributed by atoms with Crippen molar-refractivity contribution in [2.24, 2.45) is 0 Å². The van der Waals surface area contributed by atoms with Crippen LogP contribution in [0.5, 0.6) is 5.75 Å². The summed E-state index contributed by atoms with van der Waals surface area (Å²) in [6.07, 6.45) is 4.26. The van der Waals surface area contributed by atoms with E-state index in [-0.39, 0.29) is 11.9 Å². The second-order valence-corrected chi connectivity index (χ2v) is 6.57. The summed E-state index contributed by atoms with van der Waals surface area (Å²) >= 11 is 5.98. The maximum absolute atomic E-state index is 12.7. The molecule has 0 radical (unpaired) electrons. The van der Waals surface area contributed by atoms with Gasteiger partial charge in [-0.1, -0.05) is 23.7 Å². The monoisotopic (exact) mass is 368 g/mol. The summed E-state index contributed by atoms with van der Waals surface area (Å²) in [5.41, 5.74) is 2.76. The fourth-order valence-electron chi connectivity index (χ4n) is 2.92. The molecule has 0 aliphatic rings. The zero-order valence-corrected chi connectivity index (χ0v) is 15.5. The van der Waals surface area contributed by atoms with Crippen LogP contribution in [0.15, 0.2) is 67.0 Å². The number of aryl methyl sites for hydroxylation is 1. The van der Waals surface area contributed by atoms with E-state index in [1.165, 1.54) is 0 Å². The fraction of sp³-hybridized carbons (Fsp3) is 0.190. The van der Waals surface area contributed by atoms with E-state index in [2.05, 4.69) is 5.32 Å². The van der Waals surface area contributed by atoms with Crippen LogP contribution in [-0.2, 0) is 4.79 Å². The largest absolute Gasteiger partial charge is 0.497 e. The van der Waals surface area contributed by atoms with Crippen molar-refractivity contribution in [3.8, 4) is 5.75 Å². The molecule has 0 aliphatic heterocycles. The number of benzene rings is 2. The van der Waals surface area contributed by atoms with Gasteiger partial charge in [0.15, 0.2) is 0 Å². The van der Waals surface area contributed by atoms with Gasteiger partial charge in [-0.3, -0.25) is 4.79 Å². The summed E-state index contributed by atoms with van der Waals surface area (Å²) in [6.45, 7) is 1.92. The zero-order valence-electron chi connectivity index (χ0n) is 14.8. The van der Waals surface area contributed by atoms with Gasteiger partial charge in [-0.05, 0) is 60.5 Å². The highest BCUT2D eigenvalue weighted by Gasteiger charge is 2.18. The van der Waals surface area contributed by atoms with Crippen LogP contribution in [0.3, 0.4) is 0 Å². The van der Waals surface area contributed by atoms with Gasteiger partial charge in [-0.2, -0.15) is 0 Å². The normalized spacial score (nSPS) is 11.8. The Morgan fingerprint density at radius 1 is 1.15 bits per heavy atom. The first-order valence-electron chi connectivity index (χ1n) is 8.39. The molecule has 0 fully saturated rings. The first-order valence-corrected chi connectivity index (χ1v) is 8.77. The van der Waals surface area contributed by atoms with E-state index in [0.29, 0.717) is 11.4 Å². The number of nitrogens with zero attached hydrogens (tertiary/aromatic N) is 1. The molecule has 4 nitrogen and oxygen atoms in total. The molecule has 1 amide bonds. The lowest BCUT2D eigenvalue weighted by Gasteiger charge is -2.20. The van der Waals surface area contributed by atoms with E-state index >= 15 is 0 Å². The minimum absolute atomic E-state index is 0.0510. The number of ether oxygens (including phenoxy) is 1. The van der Waals surface area contributed by atoms with Gasteiger partial charge in [-0.25, -0.2) is 0 Å². The average Bonchev–Trinajstić information content (AvgIpc) is 3.17. The summed E-state index contributed by atoms with van der Waals surface area (Å²) in [7, 11) is 1.64. The number of aromatic nitrogens is 1. The number of hydrogen-bond acceptors (Lipinski definition) is 2. The predicted molar refractivity (Wildman–Crippen MR) is 105 cm³/mol. The summed E-state index contributed by atoms with van der Waals surface area (Å²) in [5.74, 6) is 0.742. The highest BCUT2D eigenvalue weighted by Crippen LogP contribution is 2.26. The smallest absolute Gasteiger partial charge is 0.226 e. The number of rotatable bonds is 6. The van der Waals surface area contributed by atoms with Crippen LogP contribution in [0.2, 0.25) is 5.02 Å². The molecule has 0 saturated heterocycles. The van der Waals surface area contributed by atoms with Gasteiger partial charge < -0.3 is 14.6 Å². The Morgan fingerprint density at radius 2 is 1.85 bits per heavy atom. The Labute approximate surface area is 158 Å². The quantitative estimate of drug-likeness (QED) is 0.659. The molecule has 0 saturated carbocycles. The Morgan fingerprint density at radius 3 is 2.46 bits per heavy atom. The van der Waals surface area contributed by atoms with Gasteiger partial charge >= 0.3 is 0 Å². The molecule has 1 atom stereocenters. The Bertz CT molecular complexity index is 874. The van der Waals surface area contributed by atoms with Gasteiger partial charge in [0.05, 0.1) is 19.6 Å². The molecule has 3 aromatic rings. The van der Waals surface area contributed by atoms with Crippen LogP contribution in [0.4, 0.5) is 5.69 Å². The molecule has 0 aliphatic carbocycles. The minimum Gasteiger partial charge on any atom is -0.497 e. The Kier molecular flexibility index (Phi) is 5.64. The molecule has 0 spiro atoms. The van der Waals surface area contributed by atoms with Crippen molar-refractivity contribution in [2.75, 3.05) is 12.4 Å². The number of hydrogen-bond donors (Lipinski definition) is 1. The SMILES string of the molecule is COc1ccc([C@@H](CC(=O)Nc2ccc(Cl)cc2C)n2cccc2)cc1. The number of anilines is 1. The molecule has 0 bridgehead atoms. The van der Waals surface area contributed by atoms with Crippen LogP contribution < -0.4 is 10.1 Å². The van der Waals surface area contributed by atoms with Crippen molar-refractivity contribution < 1.29 is 9.53 Å². The molecule has 3 rings (SSSR count). The van der Waals surface area contributed by atoms with Gasteiger partial charge in [0.1, 0.15) is 5.75 Å². The Balaban J connectivity index is 1.80. The van der Waals surface area contributed by atoms with Crippen molar-refractivity contribution in [3.63, 3.8) is 0 Å². The van der Waals surface area contributed by atoms with Crippen LogP contribution in [0, 0.1) is 6.92 Å². The summed E-state index contributed by atoms with van der Waals surface area (Å²) < 4.78 is 7.26. The van der Waals surface area contributed by atoms with Crippen molar-refractivity contribution in [1.82, 2.24) is 4.57 Å². The van der Waals surface area contributed by atoms with Gasteiger partial charge in [0.25, 0.3) is 0 Å². The van der Waals surface area contributed by atoms with Crippen molar-refractivity contribution in [2.45, 2.75) is 19.4 Å². The molecule has 1 heterocycles. The van der Waals surface area contributed by atoms with E-state index in [1.54, 1.807) is 13.2 Å². The molecule has 1 aromatic heterocycles. The molecular formula is C21H21ClN2O2. The minimum atomic E-state index is -0.0940. The first kappa shape index (κ1) is 18.1. The topological polar surface area (TPSA) is 43.3 Å². The number of carbonyl (C=O) groups is 1. The third kappa shape index (κ3) is 4.27. The lowest BCUT2D eigenvalue weighted by molar-refractivity contribution is -0.116. The number of amides is 1. The summed E-state index contributed by atoms with van der Waals surface area (Å²) in [5, 5.41) is 3.64. The molecule has 134 valence electrons. The standard InChI is InChI=1S/C21H21ClN2O2/c1-15-13-17(22)7-10-19(15)23-21(25)14-20(24-11-3-4-12-24)16-5-8-18(26-2)9-6-16/h3-13,20H,14H2,1-2H3,(H,23,25)/t20-/m1/s1. The third-order valence-corrected chi connectivity index (χ3v) is 4.56. The zero-order chi connectivity index (χ0) is 18.5. The van der Waals surface area contributed by atoms with E-state index in [4.69, 9.17) is 16.3 Å². The Hall–Kier alpha value is -2.72. The van der Waals surface area contributed by atoms with Gasteiger partial charge in [0, 0.05) is 23.1 Å². The van der Waals surface area contributed by atoms with Crippen molar-refractivity contribution in [3.05, 3.63) is 83.1 Å². The van der Waals surface area contributed by atoms with Crippen molar-refractivity contribution >= 4 is 23.2 Å². The molecule has 2 aromatic carbocycles. The number of methoxy groups -OCH3 is 1. The molecule has 26 heavy (non-hydrogen) atoms. The third-order valence-electron chi connectivity index (χ3n) is 4.33. The average molecular weight is 369 g/mol. The van der Waals surface area contributed by atoms with Crippen molar-refractivity contribution in [1.29, 1.82) is 0 Å². The molecular weight excluding hydrogens is 348 g/mol. The van der Waals surface area contributed by atoms with Gasteiger partial charge in [-0.15, -0.1) is 0 Å². The second kappa shape index (κ2) is 8.11. The molecule has 5 heteroatoms. The number of halogens is 1. The summed E-state index contributed by atoms with van der Waals surface area (Å²) in [6, 6.07) is 17.1. The maximum Gasteiger partial charge on any atom is 0.226 e. The lowest BCUT2D eigenvalue weighted by atomic mass is 10.0. The van der Waals surface area contributed by atoms with Crippen LogP contribution in [0.1, 0.15) is 23.6 Å². The van der Waals surface area contributed by atoms with Gasteiger partial charge in [0.2, 0.25) is 5.91 Å². The van der Waals surface area contributed by atoms with Crippen LogP contribution in [-0.4, -0.2) is 17.6 Å². The first-order chi connectivity index (χ1) is 12.6. The van der Waals surface area contributed by atoms with E-state index in [1.807, 2.05) is 72.4 Å². The second-order valence-electron chi connectivity index (χ2n) is 6.13. The van der Waals surface area contributed by atoms with Crippen LogP contribution in [0.25, 0.3) is 0 Å². The summed E-state index contributed by atoms with van der Waals surface area (Å²) in [4.78, 5) is 12.7.